The van der Waals surface area contributed by atoms with Crippen molar-refractivity contribution in [1.29, 1.82) is 0 Å². The fourth-order valence-corrected chi connectivity index (χ4v) is 4.00. The monoisotopic (exact) mass is 547 g/mol. The molecule has 1 aliphatic heterocycles. The minimum atomic E-state index is -4.18. The molecule has 0 spiro atoms. The molecule has 0 bridgehead atoms. The zero-order valence-corrected chi connectivity index (χ0v) is 21.0. The molecule has 2 heterocycles. The fraction of sp³-hybridized carbons (Fsp3) is 0.789. The van der Waals surface area contributed by atoms with E-state index in [1.807, 2.05) is 11.8 Å². The van der Waals surface area contributed by atoms with Crippen molar-refractivity contribution < 1.29 is 13.2 Å². The fourth-order valence-electron chi connectivity index (χ4n) is 2.98. The number of nitrogens with zero attached hydrogens (tertiary/aromatic N) is 4. The van der Waals surface area contributed by atoms with Crippen molar-refractivity contribution in [2.24, 2.45) is 4.99 Å². The van der Waals surface area contributed by atoms with Crippen molar-refractivity contribution in [2.45, 2.75) is 58.7 Å². The Hall–Kier alpha value is -0.620. The average Bonchev–Trinajstić information content (AvgIpc) is 3.09. The van der Waals surface area contributed by atoms with Crippen LogP contribution in [0, 0.1) is 0 Å². The van der Waals surface area contributed by atoms with E-state index in [0.29, 0.717) is 32.7 Å². The smallest absolute Gasteiger partial charge is 0.357 e. The van der Waals surface area contributed by atoms with Crippen LogP contribution in [0.2, 0.25) is 0 Å². The predicted octanol–water partition coefficient (Wildman–Crippen LogP) is 4.14. The Morgan fingerprint density at radius 3 is 2.34 bits per heavy atom. The van der Waals surface area contributed by atoms with Crippen molar-refractivity contribution >= 4 is 41.3 Å². The molecule has 1 aromatic rings. The lowest BCUT2D eigenvalue weighted by atomic mass is 9.93. The predicted molar refractivity (Wildman–Crippen MR) is 125 cm³/mol. The van der Waals surface area contributed by atoms with E-state index in [1.54, 1.807) is 11.3 Å². The SMILES string of the molecule is CCNC(=NCCc1nc(C(C)(C)C)cs1)N1CCN(C(C)C(F)(F)F)CC1.I. The number of aromatic nitrogens is 1. The summed E-state index contributed by atoms with van der Waals surface area (Å²) >= 11 is 1.66. The lowest BCUT2D eigenvalue weighted by molar-refractivity contribution is -0.181. The maximum Gasteiger partial charge on any atom is 0.403 e. The van der Waals surface area contributed by atoms with Gasteiger partial charge in [-0.05, 0) is 13.8 Å². The number of hydrogen-bond donors (Lipinski definition) is 1. The van der Waals surface area contributed by atoms with E-state index < -0.39 is 12.2 Å². The number of thiazole rings is 1. The van der Waals surface area contributed by atoms with E-state index in [-0.39, 0.29) is 29.4 Å². The van der Waals surface area contributed by atoms with Crippen LogP contribution in [-0.2, 0) is 11.8 Å². The molecule has 1 fully saturated rings. The molecule has 1 aromatic heterocycles. The molecule has 10 heteroatoms. The standard InChI is InChI=1S/C19H32F3N5S.HI/c1-6-23-17(24-8-7-16-25-15(13-28-16)18(3,4)5)27-11-9-26(10-12-27)14(2)19(20,21)22;/h13-14H,6-12H2,1-5H3,(H,23,24);1H. The number of guanidine groups is 1. The molecule has 0 radical (unpaired) electrons. The highest BCUT2D eigenvalue weighted by atomic mass is 127. The molecule has 0 amide bonds. The summed E-state index contributed by atoms with van der Waals surface area (Å²) in [6.45, 7) is 12.8. The highest BCUT2D eigenvalue weighted by Gasteiger charge is 2.41. The Bertz CT molecular complexity index is 649. The van der Waals surface area contributed by atoms with Gasteiger partial charge in [-0.2, -0.15) is 13.2 Å². The maximum atomic E-state index is 12.9. The van der Waals surface area contributed by atoms with Gasteiger partial charge in [-0.3, -0.25) is 9.89 Å². The van der Waals surface area contributed by atoms with Gasteiger partial charge in [0, 0.05) is 56.5 Å². The van der Waals surface area contributed by atoms with E-state index in [2.05, 4.69) is 36.5 Å². The van der Waals surface area contributed by atoms with E-state index in [4.69, 9.17) is 4.98 Å². The average molecular weight is 547 g/mol. The number of hydrogen-bond acceptors (Lipinski definition) is 4. The first-order chi connectivity index (χ1) is 13.0. The normalized spacial score (nSPS) is 17.8. The summed E-state index contributed by atoms with van der Waals surface area (Å²) < 4.78 is 38.8. The molecule has 0 saturated carbocycles. The van der Waals surface area contributed by atoms with Gasteiger partial charge in [0.05, 0.1) is 10.7 Å². The first-order valence-electron chi connectivity index (χ1n) is 9.81. The lowest BCUT2D eigenvalue weighted by Gasteiger charge is -2.39. The summed E-state index contributed by atoms with van der Waals surface area (Å²) in [4.78, 5) is 12.9. The third-order valence-electron chi connectivity index (χ3n) is 4.88. The molecule has 29 heavy (non-hydrogen) atoms. The first-order valence-corrected chi connectivity index (χ1v) is 10.7. The highest BCUT2D eigenvalue weighted by Crippen LogP contribution is 2.25. The number of nitrogens with one attached hydrogen (secondary N) is 1. The van der Waals surface area contributed by atoms with Crippen molar-refractivity contribution in [3.63, 3.8) is 0 Å². The van der Waals surface area contributed by atoms with Gasteiger partial charge < -0.3 is 10.2 Å². The van der Waals surface area contributed by atoms with E-state index in [0.717, 1.165) is 29.6 Å². The Labute approximate surface area is 193 Å². The second kappa shape index (κ2) is 11.1. The van der Waals surface area contributed by atoms with Crippen molar-refractivity contribution in [1.82, 2.24) is 20.1 Å². The van der Waals surface area contributed by atoms with Crippen LogP contribution in [0.25, 0.3) is 0 Å². The molecule has 1 N–H and O–H groups in total. The van der Waals surface area contributed by atoms with Crippen molar-refractivity contribution in [3.8, 4) is 0 Å². The van der Waals surface area contributed by atoms with Crippen LogP contribution < -0.4 is 5.32 Å². The van der Waals surface area contributed by atoms with Gasteiger partial charge in [0.2, 0.25) is 0 Å². The Balaban J connectivity index is 0.00000420. The van der Waals surface area contributed by atoms with Crippen LogP contribution >= 0.6 is 35.3 Å². The molecule has 0 aliphatic carbocycles. The van der Waals surface area contributed by atoms with Crippen LogP contribution in [0.1, 0.15) is 45.3 Å². The van der Waals surface area contributed by atoms with Crippen LogP contribution in [0.5, 0.6) is 0 Å². The second-order valence-electron chi connectivity index (χ2n) is 8.10. The molecule has 1 saturated heterocycles. The number of piperazine rings is 1. The molecular weight excluding hydrogens is 514 g/mol. The molecule has 1 atom stereocenters. The molecule has 2 rings (SSSR count). The summed E-state index contributed by atoms with van der Waals surface area (Å²) in [5, 5.41) is 6.43. The van der Waals surface area contributed by atoms with Crippen LogP contribution in [0.15, 0.2) is 10.4 Å². The number of alkyl halides is 3. The van der Waals surface area contributed by atoms with Gasteiger partial charge in [0.1, 0.15) is 6.04 Å². The van der Waals surface area contributed by atoms with Gasteiger partial charge in [-0.25, -0.2) is 4.98 Å². The first kappa shape index (κ1) is 26.4. The largest absolute Gasteiger partial charge is 0.403 e. The summed E-state index contributed by atoms with van der Waals surface area (Å²) in [6, 6.07) is -1.41. The molecule has 0 aromatic carbocycles. The van der Waals surface area contributed by atoms with Crippen LogP contribution in [0.3, 0.4) is 0 Å². The maximum absolute atomic E-state index is 12.9. The van der Waals surface area contributed by atoms with Gasteiger partial charge in [0.25, 0.3) is 0 Å². The molecule has 1 unspecified atom stereocenters. The van der Waals surface area contributed by atoms with Crippen LogP contribution in [0.4, 0.5) is 13.2 Å². The third kappa shape index (κ3) is 7.86. The Kier molecular flexibility index (Phi) is 10.1. The van der Waals surface area contributed by atoms with Crippen molar-refractivity contribution in [3.05, 3.63) is 16.1 Å². The molecule has 1 aliphatic rings. The van der Waals surface area contributed by atoms with E-state index in [1.165, 1.54) is 11.8 Å². The van der Waals surface area contributed by atoms with E-state index in [9.17, 15) is 13.2 Å². The minimum Gasteiger partial charge on any atom is -0.357 e. The van der Waals surface area contributed by atoms with Gasteiger partial charge in [-0.15, -0.1) is 35.3 Å². The van der Waals surface area contributed by atoms with Gasteiger partial charge in [-0.1, -0.05) is 20.8 Å². The lowest BCUT2D eigenvalue weighted by Crippen LogP contribution is -2.56. The summed E-state index contributed by atoms with van der Waals surface area (Å²) in [6.07, 6.45) is -3.42. The number of rotatable bonds is 5. The topological polar surface area (TPSA) is 43.8 Å². The Morgan fingerprint density at radius 1 is 1.24 bits per heavy atom. The quantitative estimate of drug-likeness (QED) is 0.342. The second-order valence-corrected chi connectivity index (χ2v) is 9.05. The van der Waals surface area contributed by atoms with Gasteiger partial charge >= 0.3 is 6.18 Å². The minimum absolute atomic E-state index is 0. The summed E-state index contributed by atoms with van der Waals surface area (Å²) in [7, 11) is 0. The Morgan fingerprint density at radius 2 is 1.86 bits per heavy atom. The summed E-state index contributed by atoms with van der Waals surface area (Å²) in [5.74, 6) is 0.773. The third-order valence-corrected chi connectivity index (χ3v) is 5.79. The number of aliphatic imine (C=N–C) groups is 1. The van der Waals surface area contributed by atoms with E-state index >= 15 is 0 Å². The van der Waals surface area contributed by atoms with Gasteiger partial charge in [0.15, 0.2) is 5.96 Å². The zero-order valence-electron chi connectivity index (χ0n) is 17.8. The molecule has 5 nitrogen and oxygen atoms in total. The molecule has 168 valence electrons. The summed E-state index contributed by atoms with van der Waals surface area (Å²) in [5.41, 5.74) is 1.14. The highest BCUT2D eigenvalue weighted by molar-refractivity contribution is 14.0. The van der Waals surface area contributed by atoms with Crippen LogP contribution in [-0.4, -0.2) is 72.2 Å². The van der Waals surface area contributed by atoms with Crippen molar-refractivity contribution in [2.75, 3.05) is 39.3 Å². The zero-order chi connectivity index (χ0) is 20.9. The number of halogens is 4. The molecular formula is C19H33F3IN5S.